The molecule has 0 spiro atoms. The average Bonchev–Trinajstić information content (AvgIpc) is 2.66. The lowest BCUT2D eigenvalue weighted by molar-refractivity contribution is -0.144. The van der Waals surface area contributed by atoms with Crippen LogP contribution in [0.1, 0.15) is 6.23 Å². The summed E-state index contributed by atoms with van der Waals surface area (Å²) in [6.07, 6.45) is -4.80. The molecule has 6 N–H and O–H groups in total. The van der Waals surface area contributed by atoms with Crippen molar-refractivity contribution in [1.82, 2.24) is 9.55 Å². The lowest BCUT2D eigenvalue weighted by Crippen LogP contribution is -2.48. The van der Waals surface area contributed by atoms with Gasteiger partial charge in [-0.25, -0.2) is 4.79 Å². The van der Waals surface area contributed by atoms with Gasteiger partial charge < -0.3 is 25.8 Å². The van der Waals surface area contributed by atoms with E-state index in [9.17, 15) is 24.6 Å². The van der Waals surface area contributed by atoms with Crippen molar-refractivity contribution in [2.24, 2.45) is 5.73 Å². The van der Waals surface area contributed by atoms with Crippen LogP contribution >= 0.6 is 0 Å². The molecule has 1 aromatic heterocycles. The number of carboxylic acid groups (broad SMARTS) is 1. The van der Waals surface area contributed by atoms with Crippen LogP contribution in [0.5, 0.6) is 0 Å². The van der Waals surface area contributed by atoms with Crippen molar-refractivity contribution in [2.75, 3.05) is 0 Å². The number of nitrogens with zero attached hydrogens (tertiary/aromatic N) is 1. The quantitative estimate of drug-likeness (QED) is 0.382. The second-order valence-electron chi connectivity index (χ2n) is 4.35. The molecule has 10 nitrogen and oxygen atoms in total. The number of nitrogens with one attached hydrogen (secondary N) is 1. The number of nitrogens with two attached hydrogens (primary N) is 1. The molecule has 1 aliphatic heterocycles. The van der Waals surface area contributed by atoms with E-state index in [0.29, 0.717) is 0 Å². The first-order valence-corrected chi connectivity index (χ1v) is 5.64. The molecule has 0 saturated carbocycles. The normalized spacial score (nSPS) is 31.1. The maximum atomic E-state index is 11.6. The topological polar surface area (TPSA) is 168 Å². The minimum atomic E-state index is -1.58. The molecule has 5 atom stereocenters. The summed E-state index contributed by atoms with van der Waals surface area (Å²) in [4.78, 5) is 35.3. The molecule has 0 aromatic carbocycles. The predicted octanol–water partition coefficient (Wildman–Crippen LogP) is -3.43. The van der Waals surface area contributed by atoms with Gasteiger partial charge >= 0.3 is 11.7 Å². The molecule has 0 bridgehead atoms. The van der Waals surface area contributed by atoms with Gasteiger partial charge in [0, 0.05) is 12.3 Å². The maximum Gasteiger partial charge on any atom is 0.330 e. The van der Waals surface area contributed by atoms with Gasteiger partial charge in [0.15, 0.2) is 6.23 Å². The van der Waals surface area contributed by atoms with E-state index in [1.54, 1.807) is 0 Å². The number of rotatable bonds is 3. The van der Waals surface area contributed by atoms with Crippen LogP contribution < -0.4 is 17.0 Å². The molecule has 0 radical (unpaired) electrons. The molecule has 2 heterocycles. The van der Waals surface area contributed by atoms with E-state index in [0.717, 1.165) is 16.8 Å². The van der Waals surface area contributed by atoms with E-state index in [2.05, 4.69) is 0 Å². The number of aliphatic hydroxyl groups is 2. The van der Waals surface area contributed by atoms with E-state index in [4.69, 9.17) is 15.6 Å². The van der Waals surface area contributed by atoms with Crippen LogP contribution in [0.2, 0.25) is 0 Å². The van der Waals surface area contributed by atoms with Gasteiger partial charge in [0.2, 0.25) is 0 Å². The second kappa shape index (κ2) is 5.17. The van der Waals surface area contributed by atoms with Crippen molar-refractivity contribution >= 4 is 5.97 Å². The molecule has 1 aromatic rings. The molecule has 0 unspecified atom stereocenters. The summed E-state index contributed by atoms with van der Waals surface area (Å²) in [5.74, 6) is -1.42. The minimum absolute atomic E-state index is 0.641. The summed E-state index contributed by atoms with van der Waals surface area (Å²) >= 11 is 0. The second-order valence-corrected chi connectivity index (χ2v) is 4.35. The number of carboxylic acids is 1. The molecule has 110 valence electrons. The lowest BCUT2D eigenvalue weighted by Gasteiger charge is -2.18. The summed E-state index contributed by atoms with van der Waals surface area (Å²) in [7, 11) is 0. The van der Waals surface area contributed by atoms with Crippen LogP contribution in [-0.4, -0.2) is 55.2 Å². The minimum Gasteiger partial charge on any atom is -0.480 e. The number of aliphatic hydroxyl groups excluding tert-OH is 2. The molecular weight excluding hydrogens is 274 g/mol. The first-order chi connectivity index (χ1) is 9.32. The Kier molecular flexibility index (Phi) is 3.72. The highest BCUT2D eigenvalue weighted by molar-refractivity contribution is 5.74. The van der Waals surface area contributed by atoms with Crippen molar-refractivity contribution in [1.29, 1.82) is 0 Å². The molecular formula is C10H13N3O7. The molecule has 1 saturated heterocycles. The number of carbonyl (C=O) groups is 1. The summed E-state index contributed by atoms with van der Waals surface area (Å²) < 4.78 is 5.99. The van der Waals surface area contributed by atoms with Crippen molar-refractivity contribution in [3.8, 4) is 0 Å². The first-order valence-electron chi connectivity index (χ1n) is 5.64. The highest BCUT2D eigenvalue weighted by Gasteiger charge is 2.48. The van der Waals surface area contributed by atoms with E-state index in [1.165, 1.54) is 0 Å². The Morgan fingerprint density at radius 3 is 2.60 bits per heavy atom. The first kappa shape index (κ1) is 14.4. The number of aliphatic carboxylic acids is 1. The van der Waals surface area contributed by atoms with Gasteiger partial charge in [-0.05, 0) is 0 Å². The molecule has 20 heavy (non-hydrogen) atoms. The molecule has 1 aliphatic rings. The summed E-state index contributed by atoms with van der Waals surface area (Å²) in [5.41, 5.74) is 3.83. The smallest absolute Gasteiger partial charge is 0.330 e. The van der Waals surface area contributed by atoms with Gasteiger partial charge in [0.25, 0.3) is 5.56 Å². The van der Waals surface area contributed by atoms with Gasteiger partial charge in [-0.15, -0.1) is 0 Å². The number of aromatic amines is 1. The van der Waals surface area contributed by atoms with Crippen molar-refractivity contribution in [3.63, 3.8) is 0 Å². The maximum absolute atomic E-state index is 11.6. The molecule has 1 fully saturated rings. The van der Waals surface area contributed by atoms with Crippen molar-refractivity contribution in [3.05, 3.63) is 33.1 Å². The Bertz CT molecular complexity index is 624. The third-order valence-electron chi connectivity index (χ3n) is 3.04. The van der Waals surface area contributed by atoms with Crippen LogP contribution in [0.15, 0.2) is 21.9 Å². The van der Waals surface area contributed by atoms with Crippen LogP contribution in [0.4, 0.5) is 0 Å². The van der Waals surface area contributed by atoms with E-state index >= 15 is 0 Å². The number of ether oxygens (including phenoxy) is 1. The zero-order valence-electron chi connectivity index (χ0n) is 10.0. The Morgan fingerprint density at radius 2 is 2.05 bits per heavy atom. The Balaban J connectivity index is 2.33. The number of H-pyrrole nitrogens is 1. The summed E-state index contributed by atoms with van der Waals surface area (Å²) in [6.45, 7) is 0. The number of hydrogen-bond donors (Lipinski definition) is 5. The SMILES string of the molecule is N[C@H](C(=O)O)[C@@H]1O[C@@H](n2ccc(=O)[nH]c2=O)[C@@H](O)[C@H]1O. The van der Waals surface area contributed by atoms with Crippen LogP contribution in [-0.2, 0) is 9.53 Å². The van der Waals surface area contributed by atoms with E-state index in [1.807, 2.05) is 4.98 Å². The number of hydrogen-bond acceptors (Lipinski definition) is 7. The van der Waals surface area contributed by atoms with E-state index in [-0.39, 0.29) is 0 Å². The molecule has 10 heteroatoms. The highest BCUT2D eigenvalue weighted by atomic mass is 16.6. The van der Waals surface area contributed by atoms with Crippen molar-refractivity contribution in [2.45, 2.75) is 30.6 Å². The van der Waals surface area contributed by atoms with Crippen LogP contribution in [0.3, 0.4) is 0 Å². The Labute approximate surface area is 111 Å². The van der Waals surface area contributed by atoms with Crippen LogP contribution in [0.25, 0.3) is 0 Å². The largest absolute Gasteiger partial charge is 0.480 e. The third kappa shape index (κ3) is 2.36. The summed E-state index contributed by atoms with van der Waals surface area (Å²) in [6, 6.07) is -0.544. The lowest BCUT2D eigenvalue weighted by atomic mass is 10.0. The van der Waals surface area contributed by atoms with Gasteiger partial charge in [-0.3, -0.25) is 19.1 Å². The van der Waals surface area contributed by atoms with Gasteiger partial charge in [0.05, 0.1) is 0 Å². The highest BCUT2D eigenvalue weighted by Crippen LogP contribution is 2.29. The van der Waals surface area contributed by atoms with E-state index < -0.39 is 47.8 Å². The Hall–Kier alpha value is -2.01. The Morgan fingerprint density at radius 1 is 1.40 bits per heavy atom. The van der Waals surface area contributed by atoms with Crippen molar-refractivity contribution < 1.29 is 24.9 Å². The average molecular weight is 287 g/mol. The van der Waals surface area contributed by atoms with Gasteiger partial charge in [0.1, 0.15) is 24.4 Å². The van der Waals surface area contributed by atoms with Crippen LogP contribution in [0, 0.1) is 0 Å². The molecule has 0 amide bonds. The summed E-state index contributed by atoms with van der Waals surface area (Å²) in [5, 5.41) is 28.4. The molecule has 0 aliphatic carbocycles. The predicted molar refractivity (Wildman–Crippen MR) is 62.9 cm³/mol. The standard InChI is InChI=1S/C10H13N3O7/c11-4(9(17)18)7-5(15)6(16)8(20-7)13-2-1-3(14)12-10(13)19/h1-2,4-8,15-16H,11H2,(H,17,18)(H,12,14,19)/t4-,5+,6-,7-,8+/m0/s1. The fourth-order valence-corrected chi connectivity index (χ4v) is 1.98. The fraction of sp³-hybridized carbons (Fsp3) is 0.500. The fourth-order valence-electron chi connectivity index (χ4n) is 1.98. The van der Waals surface area contributed by atoms with Gasteiger partial charge in [-0.1, -0.05) is 0 Å². The number of aromatic nitrogens is 2. The monoisotopic (exact) mass is 287 g/mol. The zero-order valence-corrected chi connectivity index (χ0v) is 10.0. The third-order valence-corrected chi connectivity index (χ3v) is 3.04. The molecule has 2 rings (SSSR count). The zero-order chi connectivity index (χ0) is 15.0. The van der Waals surface area contributed by atoms with Gasteiger partial charge in [-0.2, -0.15) is 0 Å².